The van der Waals surface area contributed by atoms with Crippen molar-refractivity contribution in [3.63, 3.8) is 0 Å². The van der Waals surface area contributed by atoms with Crippen molar-refractivity contribution in [3.05, 3.63) is 24.3 Å². The van der Waals surface area contributed by atoms with Crippen LogP contribution in [0.15, 0.2) is 24.3 Å². The second kappa shape index (κ2) is 7.12. The highest BCUT2D eigenvalue weighted by molar-refractivity contribution is 5.48. The van der Waals surface area contributed by atoms with E-state index in [0.717, 1.165) is 25.1 Å². The highest BCUT2D eigenvalue weighted by atomic mass is 16.5. The minimum absolute atomic E-state index is 0.275. The fourth-order valence-electron chi connectivity index (χ4n) is 1.55. The van der Waals surface area contributed by atoms with Gasteiger partial charge in [-0.1, -0.05) is 0 Å². The number of aliphatic hydroxyl groups excluding tert-OH is 1. The largest absolute Gasteiger partial charge is 0.494 e. The Morgan fingerprint density at radius 2 is 1.88 bits per heavy atom. The molecule has 0 saturated carbocycles. The number of rotatable bonds is 7. The van der Waals surface area contributed by atoms with Crippen molar-refractivity contribution < 1.29 is 9.84 Å². The standard InChI is InChI=1S/C13H21NO2/c1-3-16-13-8-6-12(7-9-13)14(2)10-4-5-11-15/h6-9,15H,3-5,10-11H2,1-2H3. The Morgan fingerprint density at radius 3 is 2.44 bits per heavy atom. The minimum atomic E-state index is 0.275. The van der Waals surface area contributed by atoms with E-state index in [4.69, 9.17) is 9.84 Å². The van der Waals surface area contributed by atoms with Gasteiger partial charge in [-0.25, -0.2) is 0 Å². The van der Waals surface area contributed by atoms with E-state index in [1.54, 1.807) is 0 Å². The monoisotopic (exact) mass is 223 g/mol. The lowest BCUT2D eigenvalue weighted by Gasteiger charge is -2.19. The molecule has 0 aliphatic carbocycles. The minimum Gasteiger partial charge on any atom is -0.494 e. The Balaban J connectivity index is 2.46. The molecule has 1 N–H and O–H groups in total. The molecule has 3 nitrogen and oxygen atoms in total. The molecule has 90 valence electrons. The summed E-state index contributed by atoms with van der Waals surface area (Å²) in [5, 5.41) is 8.71. The van der Waals surface area contributed by atoms with Crippen LogP contribution >= 0.6 is 0 Å². The molecule has 1 aromatic carbocycles. The number of anilines is 1. The van der Waals surface area contributed by atoms with Crippen molar-refractivity contribution in [1.29, 1.82) is 0 Å². The van der Waals surface area contributed by atoms with Gasteiger partial charge in [-0.2, -0.15) is 0 Å². The average molecular weight is 223 g/mol. The van der Waals surface area contributed by atoms with Gasteiger partial charge in [0, 0.05) is 25.9 Å². The van der Waals surface area contributed by atoms with E-state index in [1.165, 1.54) is 5.69 Å². The van der Waals surface area contributed by atoms with Crippen LogP contribution in [-0.2, 0) is 0 Å². The van der Waals surface area contributed by atoms with Crippen molar-refractivity contribution in [1.82, 2.24) is 0 Å². The molecule has 0 radical (unpaired) electrons. The van der Waals surface area contributed by atoms with Gasteiger partial charge < -0.3 is 14.7 Å². The fourth-order valence-corrected chi connectivity index (χ4v) is 1.55. The first-order valence-corrected chi connectivity index (χ1v) is 5.82. The van der Waals surface area contributed by atoms with Crippen LogP contribution in [0.1, 0.15) is 19.8 Å². The molecule has 3 heteroatoms. The molecule has 0 fully saturated rings. The van der Waals surface area contributed by atoms with E-state index in [0.29, 0.717) is 6.61 Å². The molecule has 0 bridgehead atoms. The van der Waals surface area contributed by atoms with E-state index in [2.05, 4.69) is 24.1 Å². The molecule has 0 aliphatic rings. The summed E-state index contributed by atoms with van der Waals surface area (Å²) in [4.78, 5) is 2.19. The van der Waals surface area contributed by atoms with Gasteiger partial charge in [0.1, 0.15) is 5.75 Å². The van der Waals surface area contributed by atoms with Gasteiger partial charge >= 0.3 is 0 Å². The summed E-state index contributed by atoms with van der Waals surface area (Å²) in [7, 11) is 2.06. The van der Waals surface area contributed by atoms with Crippen molar-refractivity contribution in [2.75, 3.05) is 31.7 Å². The quantitative estimate of drug-likeness (QED) is 0.720. The van der Waals surface area contributed by atoms with Gasteiger partial charge in [0.05, 0.1) is 6.61 Å². The van der Waals surface area contributed by atoms with Crippen LogP contribution in [0, 0.1) is 0 Å². The van der Waals surface area contributed by atoms with E-state index in [-0.39, 0.29) is 6.61 Å². The summed E-state index contributed by atoms with van der Waals surface area (Å²) in [5.74, 6) is 0.912. The molecule has 0 heterocycles. The highest BCUT2D eigenvalue weighted by Gasteiger charge is 2.00. The summed E-state index contributed by atoms with van der Waals surface area (Å²) < 4.78 is 5.39. The van der Waals surface area contributed by atoms with Crippen LogP contribution in [0.5, 0.6) is 5.75 Å². The maximum atomic E-state index is 8.71. The number of unbranched alkanes of at least 4 members (excludes halogenated alkanes) is 1. The van der Waals surface area contributed by atoms with Crippen molar-refractivity contribution in [2.24, 2.45) is 0 Å². The summed E-state index contributed by atoms with van der Waals surface area (Å²) in [5.41, 5.74) is 1.18. The molecule has 0 aromatic heterocycles. The van der Waals surface area contributed by atoms with Gasteiger partial charge in [0.2, 0.25) is 0 Å². The molecule has 0 unspecified atom stereocenters. The Hall–Kier alpha value is -1.22. The second-order valence-electron chi connectivity index (χ2n) is 3.78. The first-order valence-electron chi connectivity index (χ1n) is 5.82. The van der Waals surface area contributed by atoms with Crippen molar-refractivity contribution in [3.8, 4) is 5.75 Å². The third kappa shape index (κ3) is 4.11. The maximum Gasteiger partial charge on any atom is 0.119 e. The highest BCUT2D eigenvalue weighted by Crippen LogP contribution is 2.18. The normalized spacial score (nSPS) is 10.2. The van der Waals surface area contributed by atoms with Crippen LogP contribution in [0.25, 0.3) is 0 Å². The number of hydrogen-bond acceptors (Lipinski definition) is 3. The Morgan fingerprint density at radius 1 is 1.19 bits per heavy atom. The lowest BCUT2D eigenvalue weighted by Crippen LogP contribution is -2.18. The molecule has 1 aromatic rings. The van der Waals surface area contributed by atoms with E-state index in [9.17, 15) is 0 Å². The first-order chi connectivity index (χ1) is 7.77. The zero-order valence-electron chi connectivity index (χ0n) is 10.1. The van der Waals surface area contributed by atoms with Gasteiger partial charge in [0.15, 0.2) is 0 Å². The fraction of sp³-hybridized carbons (Fsp3) is 0.538. The van der Waals surface area contributed by atoms with Crippen LogP contribution in [0.2, 0.25) is 0 Å². The number of ether oxygens (including phenoxy) is 1. The number of benzene rings is 1. The third-order valence-electron chi connectivity index (χ3n) is 2.49. The SMILES string of the molecule is CCOc1ccc(N(C)CCCCO)cc1. The predicted molar refractivity (Wildman–Crippen MR) is 67.2 cm³/mol. The Labute approximate surface area is 97.7 Å². The average Bonchev–Trinajstić information content (AvgIpc) is 2.30. The van der Waals surface area contributed by atoms with E-state index >= 15 is 0 Å². The number of aliphatic hydroxyl groups is 1. The topological polar surface area (TPSA) is 32.7 Å². The number of hydrogen-bond donors (Lipinski definition) is 1. The molecule has 0 aliphatic heterocycles. The molecule has 16 heavy (non-hydrogen) atoms. The summed E-state index contributed by atoms with van der Waals surface area (Å²) in [6, 6.07) is 8.09. The molecule has 0 saturated heterocycles. The van der Waals surface area contributed by atoms with Gasteiger partial charge in [-0.05, 0) is 44.0 Å². The zero-order chi connectivity index (χ0) is 11.8. The molecule has 0 spiro atoms. The molecule has 0 amide bonds. The van der Waals surface area contributed by atoms with E-state index < -0.39 is 0 Å². The van der Waals surface area contributed by atoms with Crippen molar-refractivity contribution >= 4 is 5.69 Å². The summed E-state index contributed by atoms with van der Waals surface area (Å²) in [6.45, 7) is 3.92. The number of nitrogens with zero attached hydrogens (tertiary/aromatic N) is 1. The third-order valence-corrected chi connectivity index (χ3v) is 2.49. The molecule has 0 atom stereocenters. The molecular formula is C13H21NO2. The van der Waals surface area contributed by atoms with Crippen LogP contribution in [-0.4, -0.2) is 31.9 Å². The summed E-state index contributed by atoms with van der Waals surface area (Å²) >= 11 is 0. The lowest BCUT2D eigenvalue weighted by atomic mass is 10.2. The molecule has 1 rings (SSSR count). The van der Waals surface area contributed by atoms with Gasteiger partial charge in [-0.15, -0.1) is 0 Å². The van der Waals surface area contributed by atoms with Gasteiger partial charge in [0.25, 0.3) is 0 Å². The Bertz CT molecular complexity index is 284. The van der Waals surface area contributed by atoms with Crippen molar-refractivity contribution in [2.45, 2.75) is 19.8 Å². The van der Waals surface area contributed by atoms with Gasteiger partial charge in [-0.3, -0.25) is 0 Å². The maximum absolute atomic E-state index is 8.71. The Kier molecular flexibility index (Phi) is 5.72. The smallest absolute Gasteiger partial charge is 0.119 e. The van der Waals surface area contributed by atoms with Crippen LogP contribution in [0.4, 0.5) is 5.69 Å². The summed E-state index contributed by atoms with van der Waals surface area (Å²) in [6.07, 6.45) is 1.88. The van der Waals surface area contributed by atoms with E-state index in [1.807, 2.05) is 19.1 Å². The second-order valence-corrected chi connectivity index (χ2v) is 3.78. The predicted octanol–water partition coefficient (Wildman–Crippen LogP) is 2.29. The van der Waals surface area contributed by atoms with Crippen LogP contribution in [0.3, 0.4) is 0 Å². The van der Waals surface area contributed by atoms with Crippen LogP contribution < -0.4 is 9.64 Å². The first kappa shape index (κ1) is 12.8. The lowest BCUT2D eigenvalue weighted by molar-refractivity contribution is 0.285. The zero-order valence-corrected chi connectivity index (χ0v) is 10.1. The molecular weight excluding hydrogens is 202 g/mol.